The maximum Gasteiger partial charge on any atom is 0.317 e. The molecule has 0 aliphatic heterocycles. The molecule has 0 saturated heterocycles. The van der Waals surface area contributed by atoms with E-state index in [0.717, 1.165) is 0 Å². The number of amides is 2. The monoisotopic (exact) mass is 448 g/mol. The molecule has 0 aromatic heterocycles. The lowest BCUT2D eigenvalue weighted by molar-refractivity contribution is -0.117. The highest BCUT2D eigenvalue weighted by Crippen LogP contribution is 2.37. The third-order valence-electron chi connectivity index (χ3n) is 5.58. The van der Waals surface area contributed by atoms with Crippen LogP contribution in [-0.2, 0) is 11.0 Å². The normalized spacial score (nSPS) is 15.6. The lowest BCUT2D eigenvalue weighted by Gasteiger charge is -2.39. The van der Waals surface area contributed by atoms with Crippen LogP contribution in [0, 0.1) is 5.82 Å². The van der Waals surface area contributed by atoms with Crippen molar-refractivity contribution in [3.63, 3.8) is 0 Å². The summed E-state index contributed by atoms with van der Waals surface area (Å²) >= 11 is 5.90. The molecule has 0 saturated carbocycles. The Hall–Kier alpha value is -1.19. The number of carbonyl (C=O) groups excluding carboxylic acids is 1. The Morgan fingerprint density at radius 1 is 1.34 bits per heavy atom. The summed E-state index contributed by atoms with van der Waals surface area (Å²) in [4.78, 5) is 13.8. The number of hydrogen-bond donors (Lipinski definition) is 3. The molecular formula is C20H34ClFN2O4Si. The molecule has 0 aliphatic rings. The van der Waals surface area contributed by atoms with Crippen LogP contribution in [0.3, 0.4) is 0 Å². The van der Waals surface area contributed by atoms with Crippen molar-refractivity contribution in [2.24, 2.45) is 0 Å². The fourth-order valence-electron chi connectivity index (χ4n) is 2.36. The average Bonchev–Trinajstić information content (AvgIpc) is 2.60. The van der Waals surface area contributed by atoms with Gasteiger partial charge in [-0.2, -0.15) is 0 Å². The lowest BCUT2D eigenvalue weighted by atomic mass is 10.1. The number of aliphatic hydroxyl groups is 2. The number of hydrogen-bond acceptors (Lipinski definition) is 4. The molecule has 0 fully saturated rings. The van der Waals surface area contributed by atoms with Gasteiger partial charge in [0.1, 0.15) is 11.9 Å². The molecule has 0 bridgehead atoms. The minimum atomic E-state index is -2.24. The van der Waals surface area contributed by atoms with Gasteiger partial charge in [-0.15, -0.1) is 0 Å². The zero-order chi connectivity index (χ0) is 22.6. The lowest BCUT2D eigenvalue weighted by Crippen LogP contribution is -2.49. The molecule has 0 radical (unpaired) electrons. The van der Waals surface area contributed by atoms with Crippen LogP contribution in [0.2, 0.25) is 23.2 Å². The summed E-state index contributed by atoms with van der Waals surface area (Å²) in [6.45, 7) is 12.0. The van der Waals surface area contributed by atoms with E-state index in [1.165, 1.54) is 17.0 Å². The summed E-state index contributed by atoms with van der Waals surface area (Å²) in [5.41, 5.74) is 0.472. The van der Waals surface area contributed by atoms with Gasteiger partial charge >= 0.3 is 6.03 Å². The highest BCUT2D eigenvalue weighted by atomic mass is 35.5. The molecule has 3 atom stereocenters. The van der Waals surface area contributed by atoms with Crippen molar-refractivity contribution in [1.29, 1.82) is 0 Å². The van der Waals surface area contributed by atoms with E-state index in [4.69, 9.17) is 16.0 Å². The van der Waals surface area contributed by atoms with Crippen LogP contribution < -0.4 is 5.32 Å². The van der Waals surface area contributed by atoms with Crippen LogP contribution in [0.4, 0.5) is 9.18 Å². The summed E-state index contributed by atoms with van der Waals surface area (Å²) in [6, 6.07) is 3.64. The number of rotatable bonds is 8. The van der Waals surface area contributed by atoms with Gasteiger partial charge in [-0.25, -0.2) is 9.18 Å². The third-order valence-corrected chi connectivity index (χ3v) is 10.4. The first kappa shape index (κ1) is 25.8. The van der Waals surface area contributed by atoms with E-state index in [-0.39, 0.29) is 29.1 Å². The standard InChI is InChI=1S/C20H34ClFN2O4Si/c1-13(11-16(25)18(26)28-29(6,7)20(2,3)4)24(5)19(27)23-12-14-9-8-10-15(22)17(14)21/h8-10,13,16,18,25-26H,11-12H2,1-7H3,(H,23,27)/t13-,16+,18?/m0/s1. The van der Waals surface area contributed by atoms with Crippen LogP contribution >= 0.6 is 11.6 Å². The Morgan fingerprint density at radius 3 is 2.48 bits per heavy atom. The predicted molar refractivity (Wildman–Crippen MR) is 116 cm³/mol. The van der Waals surface area contributed by atoms with E-state index in [2.05, 4.69) is 5.32 Å². The minimum Gasteiger partial charge on any atom is -0.390 e. The van der Waals surface area contributed by atoms with E-state index in [9.17, 15) is 19.4 Å². The molecule has 1 aromatic rings. The van der Waals surface area contributed by atoms with Gasteiger partial charge in [-0.3, -0.25) is 0 Å². The maximum absolute atomic E-state index is 13.5. The van der Waals surface area contributed by atoms with Crippen LogP contribution in [0.25, 0.3) is 0 Å². The van der Waals surface area contributed by atoms with E-state index in [0.29, 0.717) is 5.56 Å². The molecule has 1 rings (SSSR count). The largest absolute Gasteiger partial charge is 0.390 e. The zero-order valence-corrected chi connectivity index (χ0v) is 20.0. The topological polar surface area (TPSA) is 82.0 Å². The fourth-order valence-corrected chi connectivity index (χ4v) is 3.67. The van der Waals surface area contributed by atoms with Crippen molar-refractivity contribution in [1.82, 2.24) is 10.2 Å². The third kappa shape index (κ3) is 7.22. The van der Waals surface area contributed by atoms with Gasteiger partial charge < -0.3 is 24.9 Å². The van der Waals surface area contributed by atoms with Gasteiger partial charge in [0, 0.05) is 19.6 Å². The van der Waals surface area contributed by atoms with Crippen LogP contribution in [0.5, 0.6) is 0 Å². The second-order valence-corrected chi connectivity index (χ2v) is 14.0. The first-order chi connectivity index (χ1) is 13.2. The molecule has 3 N–H and O–H groups in total. The molecule has 0 spiro atoms. The SMILES string of the molecule is C[C@@H](C[C@@H](O)C(O)O[Si](C)(C)C(C)(C)C)N(C)C(=O)NCc1cccc(F)c1Cl. The number of aliphatic hydroxyl groups excluding tert-OH is 2. The molecule has 1 aromatic carbocycles. The number of carbonyl (C=O) groups is 1. The van der Waals surface area contributed by atoms with Crippen molar-refractivity contribution in [2.45, 2.75) is 77.2 Å². The number of benzene rings is 1. The van der Waals surface area contributed by atoms with E-state index in [1.807, 2.05) is 33.9 Å². The number of halogens is 2. The maximum atomic E-state index is 13.5. The highest BCUT2D eigenvalue weighted by Gasteiger charge is 2.40. The van der Waals surface area contributed by atoms with Crippen molar-refractivity contribution >= 4 is 25.9 Å². The number of nitrogens with one attached hydrogen (secondary N) is 1. The van der Waals surface area contributed by atoms with Crippen molar-refractivity contribution in [3.8, 4) is 0 Å². The van der Waals surface area contributed by atoms with Gasteiger partial charge in [0.25, 0.3) is 0 Å². The van der Waals surface area contributed by atoms with Gasteiger partial charge in [0.05, 0.1) is 5.02 Å². The molecule has 2 amide bonds. The molecule has 166 valence electrons. The summed E-state index contributed by atoms with van der Waals surface area (Å²) in [5.74, 6) is -0.543. The Labute approximate surface area is 179 Å². The second-order valence-electron chi connectivity index (χ2n) is 8.90. The minimum absolute atomic E-state index is 0.0233. The molecule has 1 unspecified atom stereocenters. The summed E-state index contributed by atoms with van der Waals surface area (Å²) in [5, 5.41) is 23.2. The van der Waals surface area contributed by atoms with E-state index in [1.54, 1.807) is 20.0 Å². The first-order valence-electron chi connectivity index (χ1n) is 9.65. The van der Waals surface area contributed by atoms with E-state index < -0.39 is 32.6 Å². The summed E-state index contributed by atoms with van der Waals surface area (Å²) in [7, 11) is -0.653. The zero-order valence-electron chi connectivity index (χ0n) is 18.3. The van der Waals surface area contributed by atoms with Crippen molar-refractivity contribution in [3.05, 3.63) is 34.6 Å². The van der Waals surface area contributed by atoms with Crippen molar-refractivity contribution in [2.75, 3.05) is 7.05 Å². The number of nitrogens with zero attached hydrogens (tertiary/aromatic N) is 1. The molecular weight excluding hydrogens is 415 g/mol. The van der Waals surface area contributed by atoms with Gasteiger partial charge in [-0.05, 0) is 43.1 Å². The highest BCUT2D eigenvalue weighted by molar-refractivity contribution is 6.74. The second kappa shape index (κ2) is 10.2. The molecule has 0 aliphatic carbocycles. The van der Waals surface area contributed by atoms with Crippen LogP contribution in [0.1, 0.15) is 39.7 Å². The van der Waals surface area contributed by atoms with E-state index >= 15 is 0 Å². The predicted octanol–water partition coefficient (Wildman–Crippen LogP) is 4.10. The Bertz CT molecular complexity index is 700. The van der Waals surface area contributed by atoms with Crippen LogP contribution in [-0.4, -0.2) is 54.9 Å². The van der Waals surface area contributed by atoms with Gasteiger partial charge in [-0.1, -0.05) is 44.5 Å². The Kier molecular flexibility index (Phi) is 9.10. The summed E-state index contributed by atoms with van der Waals surface area (Å²) < 4.78 is 19.3. The van der Waals surface area contributed by atoms with Crippen LogP contribution in [0.15, 0.2) is 18.2 Å². The fraction of sp³-hybridized carbons (Fsp3) is 0.650. The van der Waals surface area contributed by atoms with Gasteiger partial charge in [0.2, 0.25) is 0 Å². The smallest absolute Gasteiger partial charge is 0.317 e. The molecule has 6 nitrogen and oxygen atoms in total. The Morgan fingerprint density at radius 2 is 1.93 bits per heavy atom. The quantitative estimate of drug-likeness (QED) is 0.413. The number of urea groups is 1. The van der Waals surface area contributed by atoms with Gasteiger partial charge in [0.15, 0.2) is 14.6 Å². The molecule has 9 heteroatoms. The van der Waals surface area contributed by atoms with Crippen molar-refractivity contribution < 1.29 is 23.8 Å². The molecule has 0 heterocycles. The Balaban J connectivity index is 2.60. The average molecular weight is 449 g/mol. The first-order valence-corrected chi connectivity index (χ1v) is 12.9. The summed E-state index contributed by atoms with van der Waals surface area (Å²) in [6.07, 6.45) is -2.31. The molecule has 29 heavy (non-hydrogen) atoms.